The van der Waals surface area contributed by atoms with Gasteiger partial charge >= 0.3 is 5.97 Å². The molecule has 1 aliphatic rings. The molecule has 140 valence electrons. The van der Waals surface area contributed by atoms with E-state index in [4.69, 9.17) is 10.8 Å². The molecule has 1 fully saturated rings. The number of hydrogen-bond acceptors (Lipinski definition) is 5. The zero-order valence-corrected chi connectivity index (χ0v) is 15.1. The third-order valence-electron chi connectivity index (χ3n) is 4.59. The molecule has 2 atom stereocenters. The smallest absolute Gasteiger partial charge is 0.341 e. The van der Waals surface area contributed by atoms with Crippen molar-refractivity contribution in [1.82, 2.24) is 4.98 Å². The summed E-state index contributed by atoms with van der Waals surface area (Å²) < 4.78 is 0. The Morgan fingerprint density at radius 3 is 2.46 bits per heavy atom. The Balaban J connectivity index is 0.00000243. The van der Waals surface area contributed by atoms with Crippen LogP contribution in [0.5, 0.6) is 0 Å². The fourth-order valence-corrected chi connectivity index (χ4v) is 3.13. The Kier molecular flexibility index (Phi) is 6.07. The molecule has 1 aliphatic heterocycles. The van der Waals surface area contributed by atoms with E-state index in [0.29, 0.717) is 25.2 Å². The lowest BCUT2D eigenvalue weighted by atomic mass is 10.0. The van der Waals surface area contributed by atoms with Crippen molar-refractivity contribution in [3.05, 3.63) is 51.8 Å². The molecule has 0 saturated carbocycles. The van der Waals surface area contributed by atoms with Crippen LogP contribution < -0.4 is 16.2 Å². The van der Waals surface area contributed by atoms with E-state index in [1.165, 1.54) is 6.07 Å². The molecule has 0 radical (unpaired) electrons. The summed E-state index contributed by atoms with van der Waals surface area (Å²) in [5.74, 6) is -1.23. The quantitative estimate of drug-likeness (QED) is 0.634. The summed E-state index contributed by atoms with van der Waals surface area (Å²) >= 11 is 0. The number of carboxylic acids is 1. The number of anilines is 1. The summed E-state index contributed by atoms with van der Waals surface area (Å²) in [5, 5.41) is 18.9. The zero-order valence-electron chi connectivity index (χ0n) is 14.3. The van der Waals surface area contributed by atoms with Crippen molar-refractivity contribution >= 4 is 24.1 Å². The normalized spacial score (nSPS) is 19.3. The van der Waals surface area contributed by atoms with Gasteiger partial charge in [0.05, 0.1) is 11.8 Å². The van der Waals surface area contributed by atoms with Gasteiger partial charge in [-0.05, 0) is 35.7 Å². The van der Waals surface area contributed by atoms with Gasteiger partial charge in [0.15, 0.2) is 0 Å². The average Bonchev–Trinajstić information content (AvgIpc) is 2.93. The number of benzene rings is 1. The van der Waals surface area contributed by atoms with Gasteiger partial charge in [-0.3, -0.25) is 4.79 Å². The summed E-state index contributed by atoms with van der Waals surface area (Å²) in [6.07, 6.45) is 0.0627. The SMILES string of the molecule is CCc1cc(C(=O)O)c(=O)[nH]c1-c1ccc(N2C[C@@H](N)[C@H](O)C2)cc1.Cl. The first-order chi connectivity index (χ1) is 11.9. The van der Waals surface area contributed by atoms with Gasteiger partial charge in [-0.2, -0.15) is 0 Å². The van der Waals surface area contributed by atoms with Crippen LogP contribution in [0.1, 0.15) is 22.8 Å². The minimum Gasteiger partial charge on any atom is -0.477 e. The Labute approximate surface area is 156 Å². The molecular formula is C18H22ClN3O4. The molecule has 1 aromatic carbocycles. The van der Waals surface area contributed by atoms with Crippen molar-refractivity contribution in [1.29, 1.82) is 0 Å². The average molecular weight is 380 g/mol. The number of halogens is 1. The number of nitrogens with one attached hydrogen (secondary N) is 1. The highest BCUT2D eigenvalue weighted by atomic mass is 35.5. The number of rotatable bonds is 4. The van der Waals surface area contributed by atoms with Gasteiger partial charge in [0, 0.05) is 24.8 Å². The molecule has 26 heavy (non-hydrogen) atoms. The Hall–Kier alpha value is -2.35. The van der Waals surface area contributed by atoms with Gasteiger partial charge in [-0.25, -0.2) is 4.79 Å². The van der Waals surface area contributed by atoms with Gasteiger partial charge < -0.3 is 25.8 Å². The van der Waals surface area contributed by atoms with Crippen molar-refractivity contribution in [2.24, 2.45) is 5.73 Å². The summed E-state index contributed by atoms with van der Waals surface area (Å²) in [6, 6.07) is 8.73. The maximum Gasteiger partial charge on any atom is 0.341 e. The first kappa shape index (κ1) is 20.0. The van der Waals surface area contributed by atoms with E-state index in [9.17, 15) is 14.7 Å². The minimum atomic E-state index is -1.23. The van der Waals surface area contributed by atoms with E-state index in [1.54, 1.807) is 0 Å². The molecule has 1 saturated heterocycles. The number of aromatic nitrogens is 1. The van der Waals surface area contributed by atoms with E-state index in [0.717, 1.165) is 16.8 Å². The van der Waals surface area contributed by atoms with Gasteiger partial charge in [0.1, 0.15) is 5.56 Å². The molecule has 2 heterocycles. The van der Waals surface area contributed by atoms with E-state index in [1.807, 2.05) is 36.1 Å². The number of carbonyl (C=O) groups is 1. The van der Waals surface area contributed by atoms with Gasteiger partial charge in [0.25, 0.3) is 5.56 Å². The number of nitrogens with two attached hydrogens (primary N) is 1. The second kappa shape index (κ2) is 7.90. The Morgan fingerprint density at radius 2 is 1.96 bits per heavy atom. The molecule has 2 aromatic rings. The number of H-pyrrole nitrogens is 1. The topological polar surface area (TPSA) is 120 Å². The van der Waals surface area contributed by atoms with Crippen LogP contribution in [-0.2, 0) is 6.42 Å². The summed E-state index contributed by atoms with van der Waals surface area (Å²) in [4.78, 5) is 27.8. The standard InChI is InChI=1S/C18H21N3O4.ClH/c1-2-10-7-13(18(24)25)17(23)20-16(10)11-3-5-12(6-4-11)21-8-14(19)15(22)9-21;/h3-7,14-15,22H,2,8-9,19H2,1H3,(H,20,23)(H,24,25);1H/t14-,15-;/m1./s1. The van der Waals surface area contributed by atoms with Gasteiger partial charge in [-0.15, -0.1) is 12.4 Å². The summed E-state index contributed by atoms with van der Waals surface area (Å²) in [6.45, 7) is 2.99. The minimum absolute atomic E-state index is 0. The lowest BCUT2D eigenvalue weighted by molar-refractivity contribution is 0.0695. The molecule has 0 aliphatic carbocycles. The number of aromatic amines is 1. The number of aromatic carboxylic acids is 1. The predicted molar refractivity (Wildman–Crippen MR) is 102 cm³/mol. The monoisotopic (exact) mass is 379 g/mol. The van der Waals surface area contributed by atoms with E-state index in [-0.39, 0.29) is 24.0 Å². The highest BCUT2D eigenvalue weighted by Gasteiger charge is 2.28. The molecule has 1 aromatic heterocycles. The zero-order chi connectivity index (χ0) is 18.1. The maximum atomic E-state index is 12.0. The molecular weight excluding hydrogens is 358 g/mol. The number of aryl methyl sites for hydroxylation is 1. The number of pyridine rings is 1. The number of aliphatic hydroxyl groups is 1. The second-order valence-electron chi connectivity index (χ2n) is 6.25. The fraction of sp³-hybridized carbons (Fsp3) is 0.333. The number of aliphatic hydroxyl groups excluding tert-OH is 1. The third kappa shape index (κ3) is 3.75. The molecule has 0 bridgehead atoms. The highest BCUT2D eigenvalue weighted by Crippen LogP contribution is 2.26. The van der Waals surface area contributed by atoms with Crippen LogP contribution in [-0.4, -0.2) is 46.4 Å². The molecule has 8 heteroatoms. The van der Waals surface area contributed by atoms with Crippen LogP contribution in [0.3, 0.4) is 0 Å². The maximum absolute atomic E-state index is 12.0. The van der Waals surface area contributed by atoms with E-state index < -0.39 is 17.6 Å². The van der Waals surface area contributed by atoms with Crippen LogP contribution in [0.2, 0.25) is 0 Å². The van der Waals surface area contributed by atoms with Gasteiger partial charge in [0.2, 0.25) is 0 Å². The van der Waals surface area contributed by atoms with Gasteiger partial charge in [-0.1, -0.05) is 19.1 Å². The third-order valence-corrected chi connectivity index (χ3v) is 4.59. The fourth-order valence-electron chi connectivity index (χ4n) is 3.13. The molecule has 0 unspecified atom stereocenters. The van der Waals surface area contributed by atoms with Crippen LogP contribution >= 0.6 is 12.4 Å². The second-order valence-corrected chi connectivity index (χ2v) is 6.25. The summed E-state index contributed by atoms with van der Waals surface area (Å²) in [7, 11) is 0. The molecule has 3 rings (SSSR count). The van der Waals surface area contributed by atoms with Crippen molar-refractivity contribution in [3.63, 3.8) is 0 Å². The van der Waals surface area contributed by atoms with Crippen LogP contribution in [0.4, 0.5) is 5.69 Å². The lowest BCUT2D eigenvalue weighted by Crippen LogP contribution is -2.32. The first-order valence-electron chi connectivity index (χ1n) is 8.19. The lowest BCUT2D eigenvalue weighted by Gasteiger charge is -2.18. The van der Waals surface area contributed by atoms with E-state index >= 15 is 0 Å². The predicted octanol–water partition coefficient (Wildman–Crippen LogP) is 1.23. The first-order valence-corrected chi connectivity index (χ1v) is 8.19. The summed E-state index contributed by atoms with van der Waals surface area (Å²) in [5.41, 5.74) is 8.12. The highest BCUT2D eigenvalue weighted by molar-refractivity contribution is 5.88. The largest absolute Gasteiger partial charge is 0.477 e. The van der Waals surface area contributed by atoms with Crippen LogP contribution in [0, 0.1) is 0 Å². The Morgan fingerprint density at radius 1 is 1.31 bits per heavy atom. The Bertz CT molecular complexity index is 841. The van der Waals surface area contributed by atoms with Crippen molar-refractivity contribution < 1.29 is 15.0 Å². The number of nitrogens with zero attached hydrogens (tertiary/aromatic N) is 1. The van der Waals surface area contributed by atoms with Crippen molar-refractivity contribution in [2.75, 3.05) is 18.0 Å². The van der Waals surface area contributed by atoms with Crippen LogP contribution in [0.25, 0.3) is 11.3 Å². The number of hydrogen-bond donors (Lipinski definition) is 4. The van der Waals surface area contributed by atoms with E-state index in [2.05, 4.69) is 4.98 Å². The molecule has 0 spiro atoms. The number of carboxylic acid groups (broad SMARTS) is 1. The molecule has 7 nitrogen and oxygen atoms in total. The molecule has 0 amide bonds. The number of β-amino-alcohol motifs (C(OH)–C–C–N with tert-alkyl or cyclic N) is 1. The molecule has 5 N–H and O–H groups in total. The van der Waals surface area contributed by atoms with Crippen molar-refractivity contribution in [3.8, 4) is 11.3 Å². The van der Waals surface area contributed by atoms with Crippen LogP contribution in [0.15, 0.2) is 35.1 Å². The van der Waals surface area contributed by atoms with Crippen molar-refractivity contribution in [2.45, 2.75) is 25.5 Å².